The molecule has 5 aromatic rings. The Morgan fingerprint density at radius 1 is 0.921 bits per heavy atom. The van der Waals surface area contributed by atoms with Crippen LogP contribution in [0.5, 0.6) is 0 Å². The van der Waals surface area contributed by atoms with Crippen molar-refractivity contribution in [3.8, 4) is 11.4 Å². The summed E-state index contributed by atoms with van der Waals surface area (Å²) < 4.78 is 2.07. The van der Waals surface area contributed by atoms with Crippen molar-refractivity contribution in [2.24, 2.45) is 10.2 Å². The van der Waals surface area contributed by atoms with Gasteiger partial charge >= 0.3 is 0 Å². The van der Waals surface area contributed by atoms with Gasteiger partial charge in [-0.05, 0) is 60.2 Å². The Hall–Kier alpha value is -4.89. The molecule has 0 amide bonds. The van der Waals surface area contributed by atoms with Crippen LogP contribution in [0.25, 0.3) is 22.4 Å². The number of aromatic nitrogens is 2. The minimum atomic E-state index is -0.407. The standard InChI is InChI=1S/C29H26N6O3/c1-33(17-18-36)25-13-11-24(12-14-25)32-31-23-9-7-22(8-10-23)29-30-27-19-26(35(37)38)15-16-28(27)34(29)20-21-5-3-2-4-6-21/h2-16,19,36H,17-18,20H2,1H3. The van der Waals surface area contributed by atoms with Crippen molar-refractivity contribution in [2.75, 3.05) is 25.1 Å². The highest BCUT2D eigenvalue weighted by Gasteiger charge is 2.16. The van der Waals surface area contributed by atoms with E-state index in [-0.39, 0.29) is 12.3 Å². The third-order valence-corrected chi connectivity index (χ3v) is 6.26. The molecule has 4 aromatic carbocycles. The number of benzene rings is 4. The molecule has 9 heteroatoms. The van der Waals surface area contributed by atoms with E-state index in [4.69, 9.17) is 10.1 Å². The van der Waals surface area contributed by atoms with Crippen molar-refractivity contribution in [3.63, 3.8) is 0 Å². The lowest BCUT2D eigenvalue weighted by molar-refractivity contribution is -0.384. The Kier molecular flexibility index (Phi) is 7.19. The first-order valence-corrected chi connectivity index (χ1v) is 12.1. The molecule has 1 N–H and O–H groups in total. The number of nitro groups is 1. The molecule has 0 saturated heterocycles. The first kappa shape index (κ1) is 24.8. The molecule has 0 atom stereocenters. The van der Waals surface area contributed by atoms with Crippen LogP contribution in [0.4, 0.5) is 22.7 Å². The number of imidazole rings is 1. The van der Waals surface area contributed by atoms with Crippen molar-refractivity contribution in [2.45, 2.75) is 6.54 Å². The number of hydrogen-bond acceptors (Lipinski definition) is 7. The summed E-state index contributed by atoms with van der Waals surface area (Å²) in [7, 11) is 1.92. The quantitative estimate of drug-likeness (QED) is 0.139. The van der Waals surface area contributed by atoms with Gasteiger partial charge in [0.25, 0.3) is 5.69 Å². The summed E-state index contributed by atoms with van der Waals surface area (Å²) in [5.41, 5.74) is 5.79. The summed E-state index contributed by atoms with van der Waals surface area (Å²) in [5.74, 6) is 0.718. The van der Waals surface area contributed by atoms with E-state index in [0.717, 1.165) is 33.8 Å². The van der Waals surface area contributed by atoms with Crippen LogP contribution in [0.3, 0.4) is 0 Å². The average Bonchev–Trinajstić information content (AvgIpc) is 3.30. The zero-order chi connectivity index (χ0) is 26.5. The van der Waals surface area contributed by atoms with E-state index in [2.05, 4.69) is 14.8 Å². The molecule has 0 spiro atoms. The Bertz CT molecular complexity index is 1580. The smallest absolute Gasteiger partial charge is 0.271 e. The Balaban J connectivity index is 1.42. The van der Waals surface area contributed by atoms with Gasteiger partial charge in [-0.3, -0.25) is 10.1 Å². The fourth-order valence-electron chi connectivity index (χ4n) is 4.22. The second kappa shape index (κ2) is 11.0. The maximum absolute atomic E-state index is 11.3. The molecule has 0 radical (unpaired) electrons. The lowest BCUT2D eigenvalue weighted by Gasteiger charge is -2.17. The van der Waals surface area contributed by atoms with Crippen molar-refractivity contribution >= 4 is 33.8 Å². The number of azo groups is 1. The lowest BCUT2D eigenvalue weighted by Crippen LogP contribution is -2.20. The molecule has 0 fully saturated rings. The third kappa shape index (κ3) is 5.42. The first-order valence-electron chi connectivity index (χ1n) is 12.1. The minimum absolute atomic E-state index is 0.0113. The van der Waals surface area contributed by atoms with Crippen LogP contribution < -0.4 is 4.90 Å². The van der Waals surface area contributed by atoms with Gasteiger partial charge < -0.3 is 14.6 Å². The predicted molar refractivity (Wildman–Crippen MR) is 148 cm³/mol. The summed E-state index contributed by atoms with van der Waals surface area (Å²) in [6.45, 7) is 1.23. The highest BCUT2D eigenvalue weighted by atomic mass is 16.6. The lowest BCUT2D eigenvalue weighted by atomic mass is 10.1. The second-order valence-electron chi connectivity index (χ2n) is 8.85. The van der Waals surface area contributed by atoms with Gasteiger partial charge in [0.05, 0.1) is 33.9 Å². The average molecular weight is 507 g/mol. The van der Waals surface area contributed by atoms with E-state index < -0.39 is 4.92 Å². The second-order valence-corrected chi connectivity index (χ2v) is 8.85. The van der Waals surface area contributed by atoms with Gasteiger partial charge in [0, 0.05) is 43.5 Å². The molecule has 190 valence electrons. The number of aliphatic hydroxyl groups is 1. The zero-order valence-corrected chi connectivity index (χ0v) is 20.8. The number of non-ortho nitro benzene ring substituents is 1. The minimum Gasteiger partial charge on any atom is -0.395 e. The van der Waals surface area contributed by atoms with Gasteiger partial charge in [0.1, 0.15) is 5.82 Å². The van der Waals surface area contributed by atoms with E-state index >= 15 is 0 Å². The Morgan fingerprint density at radius 2 is 1.58 bits per heavy atom. The maximum Gasteiger partial charge on any atom is 0.271 e. The van der Waals surface area contributed by atoms with Crippen LogP contribution in [0.1, 0.15) is 5.56 Å². The van der Waals surface area contributed by atoms with Gasteiger partial charge in [0.2, 0.25) is 0 Å². The largest absolute Gasteiger partial charge is 0.395 e. The first-order chi connectivity index (χ1) is 18.5. The van der Waals surface area contributed by atoms with E-state index in [1.165, 1.54) is 12.1 Å². The van der Waals surface area contributed by atoms with Gasteiger partial charge in [-0.15, -0.1) is 0 Å². The number of nitro benzene ring substituents is 1. The maximum atomic E-state index is 11.3. The molecule has 1 heterocycles. The Morgan fingerprint density at radius 3 is 2.21 bits per heavy atom. The summed E-state index contributed by atoms with van der Waals surface area (Å²) in [4.78, 5) is 17.6. The number of nitrogens with zero attached hydrogens (tertiary/aromatic N) is 6. The van der Waals surface area contributed by atoms with Crippen molar-refractivity contribution in [3.05, 3.63) is 113 Å². The molecular weight excluding hydrogens is 480 g/mol. The molecule has 0 bridgehead atoms. The van der Waals surface area contributed by atoms with Gasteiger partial charge in [-0.2, -0.15) is 10.2 Å². The molecule has 0 aliphatic heterocycles. The SMILES string of the molecule is CN(CCO)c1ccc(N=Nc2ccc(-c3nc4cc([N+](=O)[O-])ccc4n3Cc3ccccc3)cc2)cc1. The highest BCUT2D eigenvalue weighted by molar-refractivity contribution is 5.83. The van der Waals surface area contributed by atoms with Crippen molar-refractivity contribution in [1.82, 2.24) is 9.55 Å². The van der Waals surface area contributed by atoms with Crippen molar-refractivity contribution < 1.29 is 10.0 Å². The summed E-state index contributed by atoms with van der Waals surface area (Å²) in [6, 6.07) is 30.0. The molecule has 0 aliphatic carbocycles. The van der Waals surface area contributed by atoms with Gasteiger partial charge in [-0.1, -0.05) is 30.3 Å². The van der Waals surface area contributed by atoms with Crippen LogP contribution >= 0.6 is 0 Å². The van der Waals surface area contributed by atoms with E-state index in [9.17, 15) is 10.1 Å². The topological polar surface area (TPSA) is 109 Å². The molecule has 0 aliphatic rings. The molecule has 5 rings (SSSR count). The van der Waals surface area contributed by atoms with Crippen LogP contribution in [-0.2, 0) is 6.54 Å². The van der Waals surface area contributed by atoms with E-state index in [1.807, 2.05) is 90.8 Å². The third-order valence-electron chi connectivity index (χ3n) is 6.26. The summed E-state index contributed by atoms with van der Waals surface area (Å²) in [6.07, 6.45) is 0. The molecule has 1 aromatic heterocycles. The zero-order valence-electron chi connectivity index (χ0n) is 20.8. The molecule has 38 heavy (non-hydrogen) atoms. The molecule has 0 saturated carbocycles. The van der Waals surface area contributed by atoms with Crippen LogP contribution in [0, 0.1) is 10.1 Å². The molecule has 9 nitrogen and oxygen atoms in total. The number of aliphatic hydroxyl groups excluding tert-OH is 1. The number of anilines is 1. The summed E-state index contributed by atoms with van der Waals surface area (Å²) >= 11 is 0. The summed E-state index contributed by atoms with van der Waals surface area (Å²) in [5, 5.41) is 29.1. The van der Waals surface area contributed by atoms with Gasteiger partial charge in [0.15, 0.2) is 0 Å². The van der Waals surface area contributed by atoms with E-state index in [0.29, 0.717) is 24.3 Å². The number of hydrogen-bond donors (Lipinski definition) is 1. The Labute approximate surface area is 219 Å². The predicted octanol–water partition coefficient (Wildman–Crippen LogP) is 6.50. The number of rotatable bonds is 9. The number of likely N-dealkylation sites (N-methyl/N-ethyl adjacent to an activating group) is 1. The van der Waals surface area contributed by atoms with Gasteiger partial charge in [-0.25, -0.2) is 4.98 Å². The highest BCUT2D eigenvalue weighted by Crippen LogP contribution is 2.30. The van der Waals surface area contributed by atoms with Crippen LogP contribution in [0.15, 0.2) is 107 Å². The van der Waals surface area contributed by atoms with E-state index in [1.54, 1.807) is 6.07 Å². The number of fused-ring (bicyclic) bond motifs is 1. The fourth-order valence-corrected chi connectivity index (χ4v) is 4.22. The molecular formula is C29H26N6O3. The normalized spacial score (nSPS) is 11.3. The van der Waals surface area contributed by atoms with Crippen LogP contribution in [-0.4, -0.2) is 39.8 Å². The van der Waals surface area contributed by atoms with Crippen molar-refractivity contribution in [1.29, 1.82) is 0 Å². The monoisotopic (exact) mass is 506 g/mol. The molecule has 0 unspecified atom stereocenters. The fraction of sp³-hybridized carbons (Fsp3) is 0.138. The van der Waals surface area contributed by atoms with Crippen LogP contribution in [0.2, 0.25) is 0 Å².